The molecule has 0 radical (unpaired) electrons. The number of benzene rings is 1. The van der Waals surface area contributed by atoms with E-state index in [1.54, 1.807) is 0 Å². The van der Waals surface area contributed by atoms with Gasteiger partial charge < -0.3 is 5.73 Å². The zero-order valence-corrected chi connectivity index (χ0v) is 11.7. The van der Waals surface area contributed by atoms with Crippen LogP contribution in [0.25, 0.3) is 0 Å². The monoisotopic (exact) mass is 305 g/mol. The highest BCUT2D eigenvalue weighted by Gasteiger charge is 2.12. The molecule has 0 aromatic heterocycles. The molecule has 0 bridgehead atoms. The Morgan fingerprint density at radius 3 is 2.44 bits per heavy atom. The Morgan fingerprint density at radius 1 is 1.38 bits per heavy atom. The van der Waals surface area contributed by atoms with Gasteiger partial charge in [-0.15, -0.1) is 12.4 Å². The summed E-state index contributed by atoms with van der Waals surface area (Å²) in [6.07, 6.45) is 2.08. The van der Waals surface area contributed by atoms with E-state index in [1.165, 1.54) is 0 Å². The van der Waals surface area contributed by atoms with Crippen LogP contribution in [0.15, 0.2) is 28.7 Å². The Bertz CT molecular complexity index is 326. The molecule has 1 unspecified atom stereocenters. The number of Topliss-reactive ketones (excluding diaryl/α,β-unsaturated/α-hetero) is 1. The molecule has 0 saturated heterocycles. The predicted octanol–water partition coefficient (Wildman–Crippen LogP) is 3.11. The molecule has 0 aliphatic rings. The van der Waals surface area contributed by atoms with E-state index in [1.807, 2.05) is 31.2 Å². The smallest absolute Gasteiger partial charge is 0.149 e. The molecule has 0 heterocycles. The van der Waals surface area contributed by atoms with Crippen LogP contribution in [0.3, 0.4) is 0 Å². The van der Waals surface area contributed by atoms with Crippen LogP contribution in [0, 0.1) is 0 Å². The average Bonchev–Trinajstić information content (AvgIpc) is 2.22. The number of hydrogen-bond acceptors (Lipinski definition) is 2. The highest BCUT2D eigenvalue weighted by molar-refractivity contribution is 9.10. The van der Waals surface area contributed by atoms with E-state index in [2.05, 4.69) is 15.9 Å². The number of carbonyl (C=O) groups is 1. The van der Waals surface area contributed by atoms with Crippen LogP contribution in [0.5, 0.6) is 0 Å². The standard InChI is InChI=1S/C12H16BrNO.ClH/c1-2-3-12(15)11(14)8-9-4-6-10(13)7-5-9;/h4-7,11H,2-3,8,14H2,1H3;1H. The van der Waals surface area contributed by atoms with Gasteiger partial charge >= 0.3 is 0 Å². The van der Waals surface area contributed by atoms with Crippen molar-refractivity contribution < 1.29 is 4.79 Å². The number of ketones is 1. The maximum absolute atomic E-state index is 11.5. The normalized spacial score (nSPS) is 11.7. The Kier molecular flexibility index (Phi) is 7.64. The lowest BCUT2D eigenvalue weighted by Crippen LogP contribution is -2.32. The van der Waals surface area contributed by atoms with Crippen molar-refractivity contribution in [3.63, 3.8) is 0 Å². The Balaban J connectivity index is 0.00000225. The molecule has 2 nitrogen and oxygen atoms in total. The lowest BCUT2D eigenvalue weighted by molar-refractivity contribution is -0.120. The van der Waals surface area contributed by atoms with Crippen molar-refractivity contribution >= 4 is 34.1 Å². The second-order valence-electron chi connectivity index (χ2n) is 3.65. The van der Waals surface area contributed by atoms with E-state index in [9.17, 15) is 4.79 Å². The molecule has 0 amide bonds. The fourth-order valence-electron chi connectivity index (χ4n) is 1.42. The summed E-state index contributed by atoms with van der Waals surface area (Å²) in [4.78, 5) is 11.5. The number of hydrogen-bond donors (Lipinski definition) is 1. The van der Waals surface area contributed by atoms with Crippen molar-refractivity contribution in [2.45, 2.75) is 32.2 Å². The van der Waals surface area contributed by atoms with Crippen molar-refractivity contribution in [3.8, 4) is 0 Å². The van der Waals surface area contributed by atoms with Gasteiger partial charge in [0.1, 0.15) is 5.78 Å². The third kappa shape index (κ3) is 5.10. The summed E-state index contributed by atoms with van der Waals surface area (Å²) in [6, 6.07) is 7.55. The Morgan fingerprint density at radius 2 is 1.94 bits per heavy atom. The molecule has 4 heteroatoms. The largest absolute Gasteiger partial charge is 0.321 e. The van der Waals surface area contributed by atoms with Gasteiger partial charge in [-0.1, -0.05) is 35.0 Å². The van der Waals surface area contributed by atoms with Crippen LogP contribution >= 0.6 is 28.3 Å². The third-order valence-electron chi connectivity index (χ3n) is 2.28. The van der Waals surface area contributed by atoms with Gasteiger partial charge in [-0.2, -0.15) is 0 Å². The van der Waals surface area contributed by atoms with Gasteiger partial charge in [-0.05, 0) is 30.5 Å². The molecule has 0 fully saturated rings. The molecule has 90 valence electrons. The summed E-state index contributed by atoms with van der Waals surface area (Å²) in [5.41, 5.74) is 6.92. The molecule has 16 heavy (non-hydrogen) atoms. The Labute approximate surface area is 111 Å². The first-order valence-corrected chi connectivity index (χ1v) is 5.95. The zero-order chi connectivity index (χ0) is 11.3. The van der Waals surface area contributed by atoms with Crippen LogP contribution in [-0.4, -0.2) is 11.8 Å². The van der Waals surface area contributed by atoms with Gasteiger partial charge in [-0.25, -0.2) is 0 Å². The minimum absolute atomic E-state index is 0. The highest BCUT2D eigenvalue weighted by atomic mass is 79.9. The zero-order valence-electron chi connectivity index (χ0n) is 9.28. The van der Waals surface area contributed by atoms with Crippen molar-refractivity contribution in [3.05, 3.63) is 34.3 Å². The summed E-state index contributed by atoms with van der Waals surface area (Å²) in [5.74, 6) is 0.153. The molecule has 2 N–H and O–H groups in total. The highest BCUT2D eigenvalue weighted by Crippen LogP contribution is 2.12. The topological polar surface area (TPSA) is 43.1 Å². The maximum atomic E-state index is 11.5. The van der Waals surface area contributed by atoms with Crippen LogP contribution in [0.1, 0.15) is 25.3 Å². The van der Waals surface area contributed by atoms with E-state index in [-0.39, 0.29) is 24.2 Å². The quantitative estimate of drug-likeness (QED) is 0.908. The van der Waals surface area contributed by atoms with Gasteiger partial charge in [0.2, 0.25) is 0 Å². The van der Waals surface area contributed by atoms with Crippen molar-refractivity contribution in [1.82, 2.24) is 0 Å². The van der Waals surface area contributed by atoms with Gasteiger partial charge in [0.05, 0.1) is 6.04 Å². The van der Waals surface area contributed by atoms with Gasteiger partial charge in [-0.3, -0.25) is 4.79 Å². The van der Waals surface area contributed by atoms with E-state index < -0.39 is 0 Å². The SMILES string of the molecule is CCCC(=O)C(N)Cc1ccc(Br)cc1.Cl. The van der Waals surface area contributed by atoms with E-state index in [0.717, 1.165) is 16.5 Å². The third-order valence-corrected chi connectivity index (χ3v) is 2.81. The summed E-state index contributed by atoms with van der Waals surface area (Å²) >= 11 is 3.37. The molecule has 0 aliphatic heterocycles. The summed E-state index contributed by atoms with van der Waals surface area (Å²) in [7, 11) is 0. The predicted molar refractivity (Wildman–Crippen MR) is 73.0 cm³/mol. The van der Waals surface area contributed by atoms with Gasteiger partial charge in [0.15, 0.2) is 0 Å². The second-order valence-corrected chi connectivity index (χ2v) is 4.57. The molecule has 0 spiro atoms. The average molecular weight is 307 g/mol. The minimum atomic E-state index is -0.355. The maximum Gasteiger partial charge on any atom is 0.149 e. The summed E-state index contributed by atoms with van der Waals surface area (Å²) < 4.78 is 1.04. The van der Waals surface area contributed by atoms with Crippen molar-refractivity contribution in [1.29, 1.82) is 0 Å². The van der Waals surface area contributed by atoms with Gasteiger partial charge in [0, 0.05) is 10.9 Å². The molecule has 1 aromatic rings. The number of rotatable bonds is 5. The molecular formula is C12H17BrClNO. The van der Waals surface area contributed by atoms with E-state index in [4.69, 9.17) is 5.73 Å². The fourth-order valence-corrected chi connectivity index (χ4v) is 1.68. The molecule has 0 saturated carbocycles. The minimum Gasteiger partial charge on any atom is -0.321 e. The van der Waals surface area contributed by atoms with Crippen molar-refractivity contribution in [2.75, 3.05) is 0 Å². The van der Waals surface area contributed by atoms with Crippen molar-refractivity contribution in [2.24, 2.45) is 5.73 Å². The van der Waals surface area contributed by atoms with Crippen LogP contribution in [0.2, 0.25) is 0 Å². The summed E-state index contributed by atoms with van der Waals surface area (Å²) in [5, 5.41) is 0. The van der Waals surface area contributed by atoms with Gasteiger partial charge in [0.25, 0.3) is 0 Å². The number of halogens is 2. The van der Waals surface area contributed by atoms with Crippen LogP contribution in [-0.2, 0) is 11.2 Å². The Hall–Kier alpha value is -0.380. The number of nitrogens with two attached hydrogens (primary N) is 1. The molecule has 1 aromatic carbocycles. The van der Waals surface area contributed by atoms with E-state index >= 15 is 0 Å². The van der Waals surface area contributed by atoms with Crippen LogP contribution in [0.4, 0.5) is 0 Å². The lowest BCUT2D eigenvalue weighted by Gasteiger charge is -2.09. The van der Waals surface area contributed by atoms with Crippen LogP contribution < -0.4 is 5.73 Å². The summed E-state index contributed by atoms with van der Waals surface area (Å²) in [6.45, 7) is 1.99. The number of carbonyl (C=O) groups excluding carboxylic acids is 1. The first-order chi connectivity index (χ1) is 7.13. The molecule has 0 aliphatic carbocycles. The second kappa shape index (κ2) is 7.82. The molecule has 1 rings (SSSR count). The fraction of sp³-hybridized carbons (Fsp3) is 0.417. The lowest BCUT2D eigenvalue weighted by atomic mass is 10.0. The van der Waals surface area contributed by atoms with E-state index in [0.29, 0.717) is 12.8 Å². The molecular weight excluding hydrogens is 289 g/mol. The first kappa shape index (κ1) is 15.6. The molecule has 1 atom stereocenters. The first-order valence-electron chi connectivity index (χ1n) is 5.16.